The van der Waals surface area contributed by atoms with E-state index >= 15 is 0 Å². The Hall–Kier alpha value is -2.72. The third-order valence-corrected chi connectivity index (χ3v) is 5.62. The average molecular weight is 592 g/mol. The van der Waals surface area contributed by atoms with Gasteiger partial charge < -0.3 is 10.1 Å². The molecule has 0 spiro atoms. The number of nitrogens with zero attached hydrogens (tertiary/aromatic N) is 1. The van der Waals surface area contributed by atoms with E-state index in [2.05, 4.69) is 54.4 Å². The molecule has 0 saturated carbocycles. The lowest BCUT2D eigenvalue weighted by molar-refractivity contribution is -0.120. The Morgan fingerprint density at radius 2 is 1.71 bits per heavy atom. The summed E-state index contributed by atoms with van der Waals surface area (Å²) in [6.45, 7) is 0.234. The van der Waals surface area contributed by atoms with Crippen molar-refractivity contribution in [1.82, 2.24) is 10.7 Å². The second kappa shape index (κ2) is 11.6. The van der Waals surface area contributed by atoms with Crippen molar-refractivity contribution in [3.63, 3.8) is 0 Å². The van der Waals surface area contributed by atoms with E-state index in [1.165, 1.54) is 6.21 Å². The Bertz CT molecular complexity index is 1090. The Kier molecular flexibility index (Phi) is 8.60. The van der Waals surface area contributed by atoms with Crippen LogP contribution in [0, 0.1) is 3.57 Å². The largest absolute Gasteiger partial charge is 0.488 e. The Labute approximate surface area is 202 Å². The lowest BCUT2D eigenvalue weighted by Crippen LogP contribution is -2.35. The van der Waals surface area contributed by atoms with Gasteiger partial charge in [-0.2, -0.15) is 5.10 Å². The zero-order chi connectivity index (χ0) is 22.1. The molecule has 0 aliphatic heterocycles. The van der Waals surface area contributed by atoms with Crippen LogP contribution in [0.15, 0.2) is 82.4 Å². The van der Waals surface area contributed by atoms with E-state index in [4.69, 9.17) is 4.74 Å². The van der Waals surface area contributed by atoms with Gasteiger partial charge in [-0.25, -0.2) is 5.43 Å². The number of hydrazone groups is 1. The Morgan fingerprint density at radius 1 is 1.00 bits per heavy atom. The minimum Gasteiger partial charge on any atom is -0.488 e. The summed E-state index contributed by atoms with van der Waals surface area (Å²) < 4.78 is 7.71. The van der Waals surface area contributed by atoms with Gasteiger partial charge in [0.1, 0.15) is 12.4 Å². The molecular formula is C23H19BrIN3O3. The molecule has 158 valence electrons. The van der Waals surface area contributed by atoms with Crippen LogP contribution in [0.2, 0.25) is 0 Å². The summed E-state index contributed by atoms with van der Waals surface area (Å²) in [6.07, 6.45) is 1.51. The summed E-state index contributed by atoms with van der Waals surface area (Å²) in [5, 5.41) is 6.56. The smallest absolute Gasteiger partial charge is 0.259 e. The molecule has 2 amide bonds. The van der Waals surface area contributed by atoms with Crippen LogP contribution in [0.25, 0.3) is 0 Å². The highest BCUT2D eigenvalue weighted by molar-refractivity contribution is 14.1. The molecule has 0 heterocycles. The number of halogens is 2. The van der Waals surface area contributed by atoms with Crippen LogP contribution in [-0.2, 0) is 11.4 Å². The summed E-state index contributed by atoms with van der Waals surface area (Å²) in [5.41, 5.74) is 4.70. The molecule has 0 unspecified atom stereocenters. The maximum absolute atomic E-state index is 12.2. The highest BCUT2D eigenvalue weighted by Crippen LogP contribution is 2.18. The average Bonchev–Trinajstić information content (AvgIpc) is 2.78. The molecule has 0 aliphatic carbocycles. The number of rotatable bonds is 8. The highest BCUT2D eigenvalue weighted by Gasteiger charge is 2.10. The maximum Gasteiger partial charge on any atom is 0.259 e. The number of ether oxygens (including phenoxy) is 1. The number of amides is 2. The Morgan fingerprint density at radius 3 is 2.48 bits per heavy atom. The van der Waals surface area contributed by atoms with Gasteiger partial charge in [-0.15, -0.1) is 0 Å². The molecule has 6 nitrogen and oxygen atoms in total. The SMILES string of the molecule is O=C(CNC(=O)c1ccccc1I)N/N=C/c1ccccc1OCc1ccc(Br)cc1. The van der Waals surface area contributed by atoms with E-state index in [0.717, 1.165) is 19.2 Å². The van der Waals surface area contributed by atoms with Gasteiger partial charge >= 0.3 is 0 Å². The van der Waals surface area contributed by atoms with Crippen molar-refractivity contribution < 1.29 is 14.3 Å². The summed E-state index contributed by atoms with van der Waals surface area (Å²) in [5.74, 6) is -0.0880. The maximum atomic E-state index is 12.2. The summed E-state index contributed by atoms with van der Waals surface area (Å²) in [6, 6.07) is 22.4. The van der Waals surface area contributed by atoms with Crippen LogP contribution in [0.4, 0.5) is 0 Å². The van der Waals surface area contributed by atoms with Crippen LogP contribution in [0.5, 0.6) is 5.75 Å². The molecule has 8 heteroatoms. The fraction of sp³-hybridized carbons (Fsp3) is 0.0870. The van der Waals surface area contributed by atoms with Crippen molar-refractivity contribution in [2.45, 2.75) is 6.61 Å². The molecular weight excluding hydrogens is 573 g/mol. The summed E-state index contributed by atoms with van der Waals surface area (Å²) in [7, 11) is 0. The molecule has 0 atom stereocenters. The first kappa shape index (κ1) is 23.0. The van der Waals surface area contributed by atoms with Crippen molar-refractivity contribution in [3.8, 4) is 5.75 Å². The highest BCUT2D eigenvalue weighted by atomic mass is 127. The number of benzene rings is 3. The molecule has 0 radical (unpaired) electrons. The third-order valence-electron chi connectivity index (χ3n) is 4.15. The number of para-hydroxylation sites is 1. The van der Waals surface area contributed by atoms with Crippen LogP contribution < -0.4 is 15.5 Å². The van der Waals surface area contributed by atoms with Gasteiger partial charge in [0.05, 0.1) is 18.3 Å². The van der Waals surface area contributed by atoms with Crippen molar-refractivity contribution in [2.75, 3.05) is 6.54 Å². The molecule has 2 N–H and O–H groups in total. The second-order valence-electron chi connectivity index (χ2n) is 6.41. The first-order chi connectivity index (χ1) is 15.0. The fourth-order valence-corrected chi connectivity index (χ4v) is 3.47. The lowest BCUT2D eigenvalue weighted by Gasteiger charge is -2.09. The second-order valence-corrected chi connectivity index (χ2v) is 8.49. The van der Waals surface area contributed by atoms with E-state index in [9.17, 15) is 9.59 Å². The minimum absolute atomic E-state index is 0.178. The summed E-state index contributed by atoms with van der Waals surface area (Å²) >= 11 is 5.49. The predicted molar refractivity (Wildman–Crippen MR) is 132 cm³/mol. The molecule has 0 aromatic heterocycles. The van der Waals surface area contributed by atoms with Gasteiger partial charge in [-0.1, -0.05) is 52.3 Å². The van der Waals surface area contributed by atoms with Crippen molar-refractivity contribution >= 4 is 56.5 Å². The number of hydrogen-bond donors (Lipinski definition) is 2. The number of carbonyl (C=O) groups is 2. The minimum atomic E-state index is -0.427. The number of nitrogens with one attached hydrogen (secondary N) is 2. The van der Waals surface area contributed by atoms with Crippen LogP contribution in [-0.4, -0.2) is 24.6 Å². The Balaban J connectivity index is 1.51. The molecule has 0 bridgehead atoms. The molecule has 3 aromatic carbocycles. The topological polar surface area (TPSA) is 79.8 Å². The summed E-state index contributed by atoms with van der Waals surface area (Å²) in [4.78, 5) is 24.2. The van der Waals surface area contributed by atoms with E-state index in [1.54, 1.807) is 12.1 Å². The third kappa shape index (κ3) is 7.18. The molecule has 3 rings (SSSR count). The fourth-order valence-electron chi connectivity index (χ4n) is 2.57. The first-order valence-corrected chi connectivity index (χ1v) is 11.2. The standard InChI is InChI=1S/C23H19BrIN3O3/c24-18-11-9-16(10-12-18)15-31-21-8-4-1-5-17(21)13-27-28-22(29)14-26-23(30)19-6-2-3-7-20(19)25/h1-13H,14-15H2,(H,26,30)(H,28,29)/b27-13+. The van der Waals surface area contributed by atoms with Gasteiger partial charge in [0.25, 0.3) is 11.8 Å². The van der Waals surface area contributed by atoms with Crippen LogP contribution in [0.3, 0.4) is 0 Å². The van der Waals surface area contributed by atoms with E-state index < -0.39 is 5.91 Å². The van der Waals surface area contributed by atoms with Crippen LogP contribution in [0.1, 0.15) is 21.5 Å². The van der Waals surface area contributed by atoms with Gasteiger partial charge in [0.2, 0.25) is 0 Å². The van der Waals surface area contributed by atoms with Gasteiger partial charge in [0, 0.05) is 13.6 Å². The van der Waals surface area contributed by atoms with Crippen molar-refractivity contribution in [3.05, 3.63) is 97.5 Å². The monoisotopic (exact) mass is 591 g/mol. The van der Waals surface area contributed by atoms with Gasteiger partial charge in [-0.3, -0.25) is 9.59 Å². The van der Waals surface area contributed by atoms with E-state index in [-0.39, 0.29) is 12.5 Å². The first-order valence-electron chi connectivity index (χ1n) is 9.34. The molecule has 0 saturated heterocycles. The molecule has 0 aliphatic rings. The molecule has 3 aromatic rings. The molecule has 31 heavy (non-hydrogen) atoms. The van der Waals surface area contributed by atoms with E-state index in [1.807, 2.05) is 60.7 Å². The normalized spacial score (nSPS) is 10.6. The van der Waals surface area contributed by atoms with Crippen molar-refractivity contribution in [1.29, 1.82) is 0 Å². The zero-order valence-corrected chi connectivity index (χ0v) is 20.1. The number of hydrogen-bond acceptors (Lipinski definition) is 4. The quantitative estimate of drug-likeness (QED) is 0.230. The van der Waals surface area contributed by atoms with Gasteiger partial charge in [-0.05, 0) is 64.6 Å². The van der Waals surface area contributed by atoms with Gasteiger partial charge in [0.15, 0.2) is 0 Å². The van der Waals surface area contributed by atoms with E-state index in [0.29, 0.717) is 17.9 Å². The zero-order valence-electron chi connectivity index (χ0n) is 16.3. The van der Waals surface area contributed by atoms with Crippen LogP contribution >= 0.6 is 38.5 Å². The predicted octanol–water partition coefficient (Wildman–Crippen LogP) is 4.51. The van der Waals surface area contributed by atoms with Crippen molar-refractivity contribution in [2.24, 2.45) is 5.10 Å². The lowest BCUT2D eigenvalue weighted by atomic mass is 10.2. The molecule has 0 fully saturated rings. The number of carbonyl (C=O) groups excluding carboxylic acids is 2.